The van der Waals surface area contributed by atoms with Gasteiger partial charge in [0.05, 0.1) is 0 Å². The number of nitrogens with one attached hydrogen (secondary N) is 1. The van der Waals surface area contributed by atoms with E-state index in [1.807, 2.05) is 20.8 Å². The number of rotatable bonds is 4. The highest BCUT2D eigenvalue weighted by molar-refractivity contribution is 5.68. The van der Waals surface area contributed by atoms with Crippen molar-refractivity contribution < 1.29 is 9.53 Å². The van der Waals surface area contributed by atoms with Crippen LogP contribution < -0.4 is 5.32 Å². The molecule has 132 valence electrons. The van der Waals surface area contributed by atoms with Crippen molar-refractivity contribution in [2.24, 2.45) is 11.8 Å². The molecule has 1 saturated heterocycles. The first-order valence-corrected chi connectivity index (χ1v) is 9.62. The Kier molecular flexibility index (Phi) is 5.19. The summed E-state index contributed by atoms with van der Waals surface area (Å²) >= 11 is 0. The van der Waals surface area contributed by atoms with Gasteiger partial charge < -0.3 is 10.1 Å². The fourth-order valence-electron chi connectivity index (χ4n) is 4.38. The molecule has 0 aromatic carbocycles. The molecule has 1 aliphatic heterocycles. The second-order valence-corrected chi connectivity index (χ2v) is 9.02. The summed E-state index contributed by atoms with van der Waals surface area (Å²) in [5.41, 5.74) is -0.419. The maximum atomic E-state index is 12.1. The van der Waals surface area contributed by atoms with Gasteiger partial charge in [-0.05, 0) is 58.3 Å². The van der Waals surface area contributed by atoms with Crippen molar-refractivity contribution in [1.82, 2.24) is 10.2 Å². The Morgan fingerprint density at radius 1 is 1.09 bits per heavy atom. The highest BCUT2D eigenvalue weighted by atomic mass is 16.6. The van der Waals surface area contributed by atoms with Gasteiger partial charge in [-0.2, -0.15) is 0 Å². The molecule has 3 fully saturated rings. The van der Waals surface area contributed by atoms with Crippen LogP contribution in [0.15, 0.2) is 0 Å². The van der Waals surface area contributed by atoms with Crippen molar-refractivity contribution in [3.63, 3.8) is 0 Å². The summed E-state index contributed by atoms with van der Waals surface area (Å²) in [4.78, 5) is 14.8. The summed E-state index contributed by atoms with van der Waals surface area (Å²) in [6.07, 6.45) is 10.5. The average molecular weight is 322 g/mol. The van der Waals surface area contributed by atoms with E-state index < -0.39 is 5.60 Å². The Morgan fingerprint density at radius 3 is 2.39 bits per heavy atom. The number of carbonyl (C=O) groups excluding carboxylic acids is 1. The number of amides is 1. The van der Waals surface area contributed by atoms with Crippen molar-refractivity contribution in [2.45, 2.75) is 89.8 Å². The molecule has 1 N–H and O–H groups in total. The lowest BCUT2D eigenvalue weighted by Crippen LogP contribution is -2.54. The number of nitrogens with zero attached hydrogens (tertiary/aromatic N) is 1. The molecule has 0 bridgehead atoms. The number of hydrogen-bond donors (Lipinski definition) is 1. The van der Waals surface area contributed by atoms with Gasteiger partial charge in [-0.25, -0.2) is 4.79 Å². The van der Waals surface area contributed by atoms with Crippen LogP contribution in [0.5, 0.6) is 0 Å². The highest BCUT2D eigenvalue weighted by Gasteiger charge is 2.36. The molecular formula is C19H34N2O2. The molecule has 4 heteroatoms. The van der Waals surface area contributed by atoms with E-state index in [-0.39, 0.29) is 12.1 Å². The molecule has 3 aliphatic rings. The molecule has 1 heterocycles. The molecule has 0 aromatic heterocycles. The Morgan fingerprint density at radius 2 is 1.78 bits per heavy atom. The van der Waals surface area contributed by atoms with Gasteiger partial charge in [0.15, 0.2) is 0 Å². The van der Waals surface area contributed by atoms with Crippen molar-refractivity contribution in [3.05, 3.63) is 0 Å². The zero-order valence-electron chi connectivity index (χ0n) is 15.1. The van der Waals surface area contributed by atoms with Gasteiger partial charge in [0.1, 0.15) is 5.60 Å². The van der Waals surface area contributed by atoms with E-state index in [0.29, 0.717) is 0 Å². The maximum Gasteiger partial charge on any atom is 0.407 e. The summed E-state index contributed by atoms with van der Waals surface area (Å²) in [7, 11) is 0. The summed E-state index contributed by atoms with van der Waals surface area (Å²) in [5.74, 6) is 1.71. The molecule has 0 spiro atoms. The van der Waals surface area contributed by atoms with Crippen LogP contribution in [0.1, 0.15) is 72.1 Å². The van der Waals surface area contributed by atoms with Gasteiger partial charge in [0.25, 0.3) is 0 Å². The van der Waals surface area contributed by atoms with E-state index in [1.54, 1.807) is 0 Å². The standard InChI is InChI=1S/C19H34N2O2/c1-19(2,3)23-18(22)20-16-11-15(10-14-8-9-14)12-21(13-16)17-6-4-5-7-17/h14-17H,4-13H2,1-3H3,(H,20,22). The topological polar surface area (TPSA) is 41.6 Å². The minimum Gasteiger partial charge on any atom is -0.444 e. The molecule has 2 atom stereocenters. The Hall–Kier alpha value is -0.770. The van der Waals surface area contributed by atoms with Crippen LogP contribution in [0.3, 0.4) is 0 Å². The summed E-state index contributed by atoms with van der Waals surface area (Å²) in [5, 5.41) is 3.15. The van der Waals surface area contributed by atoms with E-state index >= 15 is 0 Å². The van der Waals surface area contributed by atoms with Crippen LogP contribution in [-0.4, -0.2) is 41.8 Å². The van der Waals surface area contributed by atoms with Crippen LogP contribution in [-0.2, 0) is 4.74 Å². The number of piperidine rings is 1. The molecule has 2 saturated carbocycles. The normalized spacial score (nSPS) is 30.4. The van der Waals surface area contributed by atoms with Crippen molar-refractivity contribution >= 4 is 6.09 Å². The van der Waals surface area contributed by atoms with Crippen molar-refractivity contribution in [2.75, 3.05) is 13.1 Å². The van der Waals surface area contributed by atoms with Gasteiger partial charge in [-0.3, -0.25) is 4.90 Å². The molecule has 2 aliphatic carbocycles. The molecule has 2 unspecified atom stereocenters. The largest absolute Gasteiger partial charge is 0.444 e. The van der Waals surface area contributed by atoms with Gasteiger partial charge in [-0.1, -0.05) is 25.7 Å². The molecule has 23 heavy (non-hydrogen) atoms. The first-order chi connectivity index (χ1) is 10.9. The SMILES string of the molecule is CC(C)(C)OC(=O)NC1CC(CC2CC2)CN(C2CCCC2)C1. The zero-order valence-corrected chi connectivity index (χ0v) is 15.1. The van der Waals surface area contributed by atoms with Crippen LogP contribution >= 0.6 is 0 Å². The van der Waals surface area contributed by atoms with Crippen LogP contribution in [0, 0.1) is 11.8 Å². The quantitative estimate of drug-likeness (QED) is 0.852. The van der Waals surface area contributed by atoms with E-state index in [4.69, 9.17) is 4.74 Å². The summed E-state index contributed by atoms with van der Waals surface area (Å²) in [6, 6.07) is 1.00. The van der Waals surface area contributed by atoms with Crippen molar-refractivity contribution in [1.29, 1.82) is 0 Å². The lowest BCUT2D eigenvalue weighted by atomic mass is 9.88. The first-order valence-electron chi connectivity index (χ1n) is 9.62. The Labute approximate surface area is 141 Å². The smallest absolute Gasteiger partial charge is 0.407 e. The number of hydrogen-bond acceptors (Lipinski definition) is 3. The van der Waals surface area contributed by atoms with Gasteiger partial charge in [0, 0.05) is 25.2 Å². The molecular weight excluding hydrogens is 288 g/mol. The van der Waals surface area contributed by atoms with E-state index in [9.17, 15) is 4.79 Å². The lowest BCUT2D eigenvalue weighted by molar-refractivity contribution is 0.0407. The molecule has 1 amide bonds. The monoisotopic (exact) mass is 322 g/mol. The van der Waals surface area contributed by atoms with E-state index in [0.717, 1.165) is 30.8 Å². The second-order valence-electron chi connectivity index (χ2n) is 9.02. The number of likely N-dealkylation sites (tertiary alicyclic amines) is 1. The summed E-state index contributed by atoms with van der Waals surface area (Å²) < 4.78 is 5.46. The minimum atomic E-state index is -0.419. The first kappa shape index (κ1) is 17.1. The maximum absolute atomic E-state index is 12.1. The zero-order chi connectivity index (χ0) is 16.4. The summed E-state index contributed by atoms with van der Waals surface area (Å²) in [6.45, 7) is 8.02. The van der Waals surface area contributed by atoms with Gasteiger partial charge >= 0.3 is 6.09 Å². The third-order valence-electron chi connectivity index (χ3n) is 5.49. The lowest BCUT2D eigenvalue weighted by Gasteiger charge is -2.41. The average Bonchev–Trinajstić information content (AvgIpc) is 3.06. The molecule has 0 radical (unpaired) electrons. The minimum absolute atomic E-state index is 0.249. The van der Waals surface area contributed by atoms with E-state index in [1.165, 1.54) is 51.5 Å². The Bertz CT molecular complexity index is 408. The molecule has 0 aromatic rings. The predicted octanol–water partition coefficient (Wildman–Crippen LogP) is 3.94. The van der Waals surface area contributed by atoms with Crippen LogP contribution in [0.2, 0.25) is 0 Å². The van der Waals surface area contributed by atoms with Gasteiger partial charge in [0.2, 0.25) is 0 Å². The predicted molar refractivity (Wildman–Crippen MR) is 92.4 cm³/mol. The fraction of sp³-hybridized carbons (Fsp3) is 0.947. The third kappa shape index (κ3) is 5.37. The Balaban J connectivity index is 1.57. The third-order valence-corrected chi connectivity index (χ3v) is 5.49. The van der Waals surface area contributed by atoms with Gasteiger partial charge in [-0.15, -0.1) is 0 Å². The van der Waals surface area contributed by atoms with Crippen LogP contribution in [0.25, 0.3) is 0 Å². The number of ether oxygens (including phenoxy) is 1. The fourth-order valence-corrected chi connectivity index (χ4v) is 4.38. The second kappa shape index (κ2) is 7.00. The van der Waals surface area contributed by atoms with Crippen LogP contribution in [0.4, 0.5) is 4.79 Å². The number of carbonyl (C=O) groups is 1. The van der Waals surface area contributed by atoms with Crippen molar-refractivity contribution in [3.8, 4) is 0 Å². The molecule has 3 rings (SSSR count). The van der Waals surface area contributed by atoms with E-state index in [2.05, 4.69) is 10.2 Å². The highest BCUT2D eigenvalue weighted by Crippen LogP contribution is 2.39. The number of alkyl carbamates (subject to hydrolysis) is 1. The molecule has 4 nitrogen and oxygen atoms in total.